The fourth-order valence-corrected chi connectivity index (χ4v) is 1.80. The minimum atomic E-state index is -0.762. The number of halogens is 1. The molecular formula is C14H19FN2O2. The number of amides is 2. The molecule has 0 spiro atoms. The summed E-state index contributed by atoms with van der Waals surface area (Å²) >= 11 is 0. The molecule has 2 amide bonds. The zero-order chi connectivity index (χ0) is 14.6. The Morgan fingerprint density at radius 2 is 1.95 bits per heavy atom. The molecule has 1 aromatic rings. The van der Waals surface area contributed by atoms with E-state index in [1.807, 2.05) is 20.8 Å². The van der Waals surface area contributed by atoms with Gasteiger partial charge in [0.2, 0.25) is 0 Å². The second-order valence-electron chi connectivity index (χ2n) is 5.18. The van der Waals surface area contributed by atoms with Crippen LogP contribution in [0.5, 0.6) is 0 Å². The van der Waals surface area contributed by atoms with E-state index < -0.39 is 23.2 Å². The molecule has 0 heterocycles. The molecule has 19 heavy (non-hydrogen) atoms. The van der Waals surface area contributed by atoms with E-state index in [9.17, 15) is 14.0 Å². The maximum atomic E-state index is 13.0. The lowest BCUT2D eigenvalue weighted by atomic mass is 10.1. The molecule has 0 aliphatic rings. The first-order chi connectivity index (χ1) is 8.75. The molecule has 4 nitrogen and oxygen atoms in total. The van der Waals surface area contributed by atoms with Gasteiger partial charge in [-0.25, -0.2) is 4.39 Å². The van der Waals surface area contributed by atoms with Gasteiger partial charge < -0.3 is 10.2 Å². The van der Waals surface area contributed by atoms with Crippen molar-refractivity contribution in [1.82, 2.24) is 4.90 Å². The average Bonchev–Trinajstić information content (AvgIpc) is 2.27. The van der Waals surface area contributed by atoms with E-state index in [1.165, 1.54) is 29.2 Å². The van der Waals surface area contributed by atoms with Crippen molar-refractivity contribution in [3.05, 3.63) is 30.1 Å². The van der Waals surface area contributed by atoms with Crippen LogP contribution in [0.25, 0.3) is 0 Å². The molecule has 0 aromatic heterocycles. The molecule has 0 saturated carbocycles. The Morgan fingerprint density at radius 3 is 2.42 bits per heavy atom. The number of likely N-dealkylation sites (N-methyl/N-ethyl adjacent to an activating group) is 1. The highest BCUT2D eigenvalue weighted by molar-refractivity contribution is 6.39. The first-order valence-corrected chi connectivity index (χ1v) is 6.14. The average molecular weight is 266 g/mol. The van der Waals surface area contributed by atoms with Crippen molar-refractivity contribution in [3.8, 4) is 0 Å². The number of anilines is 1. The third-order valence-electron chi connectivity index (χ3n) is 2.65. The zero-order valence-corrected chi connectivity index (χ0v) is 11.7. The van der Waals surface area contributed by atoms with Crippen LogP contribution in [0.2, 0.25) is 0 Å². The summed E-state index contributed by atoms with van der Waals surface area (Å²) in [5, 5.41) is 2.40. The van der Waals surface area contributed by atoms with Gasteiger partial charge in [0.1, 0.15) is 5.82 Å². The maximum absolute atomic E-state index is 13.0. The van der Waals surface area contributed by atoms with Crippen LogP contribution >= 0.6 is 0 Å². The van der Waals surface area contributed by atoms with Crippen LogP contribution in [0.3, 0.4) is 0 Å². The molecule has 0 radical (unpaired) electrons. The molecule has 0 saturated heterocycles. The van der Waals surface area contributed by atoms with Gasteiger partial charge >= 0.3 is 11.8 Å². The van der Waals surface area contributed by atoms with Gasteiger partial charge in [-0.2, -0.15) is 0 Å². The van der Waals surface area contributed by atoms with Crippen molar-refractivity contribution in [3.63, 3.8) is 0 Å². The van der Waals surface area contributed by atoms with Gasteiger partial charge in [-0.05, 0) is 45.9 Å². The van der Waals surface area contributed by atoms with Crippen molar-refractivity contribution in [2.45, 2.75) is 33.2 Å². The summed E-state index contributed by atoms with van der Waals surface area (Å²) in [6.07, 6.45) is 0. The number of rotatable bonds is 2. The Hall–Kier alpha value is -1.91. The van der Waals surface area contributed by atoms with Crippen molar-refractivity contribution in [2.75, 3.05) is 11.9 Å². The minimum Gasteiger partial charge on any atom is -0.330 e. The number of hydrogen-bond acceptors (Lipinski definition) is 2. The summed E-state index contributed by atoms with van der Waals surface area (Å²) in [6.45, 7) is 7.79. The predicted octanol–water partition coefficient (Wildman–Crippen LogP) is 2.41. The zero-order valence-electron chi connectivity index (χ0n) is 11.7. The number of hydrogen-bond donors (Lipinski definition) is 1. The third-order valence-corrected chi connectivity index (χ3v) is 2.65. The van der Waals surface area contributed by atoms with Crippen molar-refractivity contribution < 1.29 is 14.0 Å². The normalized spacial score (nSPS) is 11.0. The van der Waals surface area contributed by atoms with E-state index in [4.69, 9.17) is 0 Å². The smallest absolute Gasteiger partial charge is 0.313 e. The highest BCUT2D eigenvalue weighted by atomic mass is 19.1. The number of nitrogens with one attached hydrogen (secondary N) is 1. The standard InChI is InChI=1S/C14H19FN2O2/c1-5-17(14(2,3)4)13(19)12(18)16-11-8-6-7-10(15)9-11/h6-9H,5H2,1-4H3,(H,16,18). The summed E-state index contributed by atoms with van der Waals surface area (Å²) in [7, 11) is 0. The van der Waals surface area contributed by atoms with Crippen LogP contribution in [0, 0.1) is 5.82 Å². The second kappa shape index (κ2) is 5.82. The molecule has 5 heteroatoms. The summed E-state index contributed by atoms with van der Waals surface area (Å²) in [4.78, 5) is 25.3. The Balaban J connectivity index is 2.80. The monoisotopic (exact) mass is 266 g/mol. The minimum absolute atomic E-state index is 0.267. The van der Waals surface area contributed by atoms with E-state index in [-0.39, 0.29) is 5.69 Å². The molecule has 0 fully saturated rings. The van der Waals surface area contributed by atoms with Crippen molar-refractivity contribution >= 4 is 17.5 Å². The SMILES string of the molecule is CCN(C(=O)C(=O)Nc1cccc(F)c1)C(C)(C)C. The second-order valence-corrected chi connectivity index (χ2v) is 5.18. The first kappa shape index (κ1) is 15.1. The van der Waals surface area contributed by atoms with E-state index in [0.29, 0.717) is 6.54 Å². The van der Waals surface area contributed by atoms with Gasteiger partial charge in [0.05, 0.1) is 0 Å². The number of carbonyl (C=O) groups excluding carboxylic acids is 2. The molecule has 104 valence electrons. The maximum Gasteiger partial charge on any atom is 0.313 e. The lowest BCUT2D eigenvalue weighted by molar-refractivity contribution is -0.146. The lowest BCUT2D eigenvalue weighted by Crippen LogP contribution is -2.49. The molecule has 0 unspecified atom stereocenters. The van der Waals surface area contributed by atoms with Gasteiger partial charge in [-0.15, -0.1) is 0 Å². The van der Waals surface area contributed by atoms with Gasteiger partial charge in [0.15, 0.2) is 0 Å². The largest absolute Gasteiger partial charge is 0.330 e. The Kier molecular flexibility index (Phi) is 4.64. The summed E-state index contributed by atoms with van der Waals surface area (Å²) in [5.41, 5.74) is -0.172. The van der Waals surface area contributed by atoms with Gasteiger partial charge in [0.25, 0.3) is 0 Å². The number of benzene rings is 1. The molecule has 0 aliphatic heterocycles. The lowest BCUT2D eigenvalue weighted by Gasteiger charge is -2.34. The molecule has 0 aliphatic carbocycles. The summed E-state index contributed by atoms with van der Waals surface area (Å²) in [6, 6.07) is 5.43. The number of nitrogens with zero attached hydrogens (tertiary/aromatic N) is 1. The van der Waals surface area contributed by atoms with E-state index >= 15 is 0 Å². The molecule has 0 atom stereocenters. The Morgan fingerprint density at radius 1 is 1.32 bits per heavy atom. The highest BCUT2D eigenvalue weighted by Gasteiger charge is 2.29. The third kappa shape index (κ3) is 4.05. The quantitative estimate of drug-likeness (QED) is 0.836. The van der Waals surface area contributed by atoms with Crippen LogP contribution in [-0.2, 0) is 9.59 Å². The molecule has 1 rings (SSSR count). The van der Waals surface area contributed by atoms with Gasteiger partial charge in [-0.3, -0.25) is 9.59 Å². The van der Waals surface area contributed by atoms with Gasteiger partial charge in [0, 0.05) is 17.8 Å². The molecule has 1 aromatic carbocycles. The fourth-order valence-electron chi connectivity index (χ4n) is 1.80. The summed E-state index contributed by atoms with van der Waals surface area (Å²) < 4.78 is 13.0. The Labute approximate surface area is 112 Å². The van der Waals surface area contributed by atoms with Crippen LogP contribution in [0.1, 0.15) is 27.7 Å². The van der Waals surface area contributed by atoms with Crippen LogP contribution in [-0.4, -0.2) is 28.8 Å². The fraction of sp³-hybridized carbons (Fsp3) is 0.429. The van der Waals surface area contributed by atoms with Crippen LogP contribution in [0.4, 0.5) is 10.1 Å². The highest BCUT2D eigenvalue weighted by Crippen LogP contribution is 2.14. The van der Waals surface area contributed by atoms with E-state index in [1.54, 1.807) is 6.92 Å². The number of carbonyl (C=O) groups is 2. The van der Waals surface area contributed by atoms with E-state index in [2.05, 4.69) is 5.32 Å². The first-order valence-electron chi connectivity index (χ1n) is 6.14. The van der Waals surface area contributed by atoms with E-state index in [0.717, 1.165) is 0 Å². The topological polar surface area (TPSA) is 49.4 Å². The summed E-state index contributed by atoms with van der Waals surface area (Å²) in [5.74, 6) is -1.85. The molecule has 1 N–H and O–H groups in total. The predicted molar refractivity (Wildman–Crippen MR) is 72.2 cm³/mol. The van der Waals surface area contributed by atoms with Crippen LogP contribution in [0.15, 0.2) is 24.3 Å². The molecular weight excluding hydrogens is 247 g/mol. The van der Waals surface area contributed by atoms with Crippen LogP contribution < -0.4 is 5.32 Å². The van der Waals surface area contributed by atoms with Crippen molar-refractivity contribution in [1.29, 1.82) is 0 Å². The molecule has 0 bridgehead atoms. The Bertz CT molecular complexity index is 481. The van der Waals surface area contributed by atoms with Gasteiger partial charge in [-0.1, -0.05) is 6.07 Å². The van der Waals surface area contributed by atoms with Crippen molar-refractivity contribution in [2.24, 2.45) is 0 Å².